The van der Waals surface area contributed by atoms with Crippen molar-refractivity contribution in [3.05, 3.63) is 39.7 Å². The minimum atomic E-state index is -5.77. The average Bonchev–Trinajstić information content (AvgIpc) is 2.34. The lowest BCUT2D eigenvalue weighted by atomic mass is 10.1. The Morgan fingerprint density at radius 2 is 1.76 bits per heavy atom. The monoisotopic (exact) mass is 322 g/mol. The smallest absolute Gasteiger partial charge is 0.422 e. The molecule has 0 saturated carbocycles. The van der Waals surface area contributed by atoms with Gasteiger partial charge in [-0.2, -0.15) is 21.6 Å². The molecule has 0 N–H and O–H groups in total. The van der Waals surface area contributed by atoms with Gasteiger partial charge in [-0.05, 0) is 31.5 Å². The first kappa shape index (κ1) is 15.4. The highest BCUT2D eigenvalue weighted by Gasteiger charge is 2.48. The zero-order chi connectivity index (χ0) is 16.0. The van der Waals surface area contributed by atoms with E-state index in [2.05, 4.69) is 4.18 Å². The summed E-state index contributed by atoms with van der Waals surface area (Å²) in [5, 5.41) is 0.476. The first-order valence-corrected chi connectivity index (χ1v) is 6.98. The molecule has 1 aromatic heterocycles. The van der Waals surface area contributed by atoms with Crippen LogP contribution in [0.4, 0.5) is 13.2 Å². The summed E-state index contributed by atoms with van der Waals surface area (Å²) in [7, 11) is -5.77. The van der Waals surface area contributed by atoms with E-state index >= 15 is 0 Å². The number of hydrogen-bond donors (Lipinski definition) is 0. The first-order valence-electron chi connectivity index (χ1n) is 5.58. The summed E-state index contributed by atoms with van der Waals surface area (Å²) in [6.07, 6.45) is 0. The van der Waals surface area contributed by atoms with Gasteiger partial charge in [0.2, 0.25) is 0 Å². The highest BCUT2D eigenvalue weighted by Crippen LogP contribution is 2.29. The fourth-order valence-corrected chi connectivity index (χ4v) is 2.11. The van der Waals surface area contributed by atoms with Crippen LogP contribution in [0.25, 0.3) is 11.0 Å². The molecule has 2 rings (SSSR count). The van der Waals surface area contributed by atoms with Crippen molar-refractivity contribution in [2.45, 2.75) is 19.4 Å². The molecule has 0 amide bonds. The van der Waals surface area contributed by atoms with Crippen LogP contribution in [-0.4, -0.2) is 13.9 Å². The van der Waals surface area contributed by atoms with E-state index in [9.17, 15) is 26.4 Å². The summed E-state index contributed by atoms with van der Waals surface area (Å²) in [5.41, 5.74) is -5.30. The van der Waals surface area contributed by atoms with E-state index in [-0.39, 0.29) is 5.58 Å². The van der Waals surface area contributed by atoms with Gasteiger partial charge in [-0.15, -0.1) is 0 Å². The van der Waals surface area contributed by atoms with Crippen LogP contribution in [0, 0.1) is 13.8 Å². The molecule has 0 atom stereocenters. The van der Waals surface area contributed by atoms with Crippen molar-refractivity contribution in [1.29, 1.82) is 0 Å². The standard InChI is InChI=1S/C12H9F3O5S/c1-6-7(2)11(16)19-10-5-8(3-4-9(6)10)20-21(17,18)12(13,14)15/h3-5H,1-2H3. The quantitative estimate of drug-likeness (QED) is 0.483. The number of rotatable bonds is 2. The number of benzene rings is 1. The fraction of sp³-hybridized carbons (Fsp3) is 0.250. The predicted molar refractivity (Wildman–Crippen MR) is 67.6 cm³/mol. The Kier molecular flexibility index (Phi) is 3.48. The van der Waals surface area contributed by atoms with Gasteiger partial charge in [-0.1, -0.05) is 0 Å². The molecular formula is C12H9F3O5S. The molecule has 0 fully saturated rings. The van der Waals surface area contributed by atoms with E-state index in [1.807, 2.05) is 0 Å². The highest BCUT2D eigenvalue weighted by molar-refractivity contribution is 7.88. The number of hydrogen-bond acceptors (Lipinski definition) is 5. The van der Waals surface area contributed by atoms with Gasteiger partial charge < -0.3 is 8.60 Å². The summed E-state index contributed by atoms with van der Waals surface area (Å²) < 4.78 is 67.4. The summed E-state index contributed by atoms with van der Waals surface area (Å²) >= 11 is 0. The van der Waals surface area contributed by atoms with Crippen LogP contribution < -0.4 is 9.81 Å². The lowest BCUT2D eigenvalue weighted by Gasteiger charge is -2.10. The van der Waals surface area contributed by atoms with Crippen molar-refractivity contribution in [1.82, 2.24) is 0 Å². The van der Waals surface area contributed by atoms with Gasteiger partial charge in [0.1, 0.15) is 11.3 Å². The van der Waals surface area contributed by atoms with Crippen LogP contribution in [0.3, 0.4) is 0 Å². The Morgan fingerprint density at radius 1 is 1.14 bits per heavy atom. The zero-order valence-electron chi connectivity index (χ0n) is 10.8. The Labute approximate surface area is 117 Å². The molecule has 0 aliphatic rings. The molecule has 0 radical (unpaired) electrons. The van der Waals surface area contributed by atoms with Gasteiger partial charge in [0.25, 0.3) is 0 Å². The third kappa shape index (κ3) is 2.73. The number of aryl methyl sites for hydroxylation is 1. The van der Waals surface area contributed by atoms with Crippen LogP contribution in [0.15, 0.2) is 27.4 Å². The second-order valence-electron chi connectivity index (χ2n) is 4.28. The number of alkyl halides is 3. The van der Waals surface area contributed by atoms with Crippen molar-refractivity contribution in [3.63, 3.8) is 0 Å². The van der Waals surface area contributed by atoms with Gasteiger partial charge in [0, 0.05) is 17.0 Å². The van der Waals surface area contributed by atoms with Gasteiger partial charge in [-0.25, -0.2) is 4.79 Å². The SMILES string of the molecule is Cc1c(C)c2ccc(OS(=O)(=O)C(F)(F)F)cc2oc1=O. The Bertz CT molecular complexity index is 865. The van der Waals surface area contributed by atoms with Gasteiger partial charge in [-0.3, -0.25) is 0 Å². The third-order valence-corrected chi connectivity index (χ3v) is 3.90. The fourth-order valence-electron chi connectivity index (χ4n) is 1.65. The molecule has 0 aliphatic heterocycles. The molecule has 0 spiro atoms. The second-order valence-corrected chi connectivity index (χ2v) is 5.82. The van der Waals surface area contributed by atoms with E-state index < -0.39 is 27.0 Å². The van der Waals surface area contributed by atoms with Crippen molar-refractivity contribution < 1.29 is 30.2 Å². The van der Waals surface area contributed by atoms with Crippen molar-refractivity contribution in [2.75, 3.05) is 0 Å². The summed E-state index contributed by atoms with van der Waals surface area (Å²) in [6, 6.07) is 3.30. The van der Waals surface area contributed by atoms with E-state index in [0.717, 1.165) is 12.1 Å². The highest BCUT2D eigenvalue weighted by atomic mass is 32.2. The molecule has 0 unspecified atom stereocenters. The number of fused-ring (bicyclic) bond motifs is 1. The summed E-state index contributed by atoms with van der Waals surface area (Å²) in [4.78, 5) is 11.5. The Balaban J connectivity index is 2.55. The summed E-state index contributed by atoms with van der Waals surface area (Å²) in [6.45, 7) is 3.18. The van der Waals surface area contributed by atoms with Gasteiger partial charge in [0.15, 0.2) is 0 Å². The molecule has 0 bridgehead atoms. The molecule has 0 aliphatic carbocycles. The van der Waals surface area contributed by atoms with Crippen LogP contribution in [0.5, 0.6) is 5.75 Å². The normalized spacial score (nSPS) is 12.6. The topological polar surface area (TPSA) is 73.6 Å². The van der Waals surface area contributed by atoms with Crippen molar-refractivity contribution in [2.24, 2.45) is 0 Å². The Hall–Kier alpha value is -2.03. The largest absolute Gasteiger partial charge is 0.534 e. The van der Waals surface area contributed by atoms with E-state index in [1.54, 1.807) is 13.8 Å². The van der Waals surface area contributed by atoms with Gasteiger partial charge in [0.05, 0.1) is 0 Å². The average molecular weight is 322 g/mol. The lowest BCUT2D eigenvalue weighted by molar-refractivity contribution is -0.0500. The van der Waals surface area contributed by atoms with Crippen LogP contribution in [0.2, 0.25) is 0 Å². The van der Waals surface area contributed by atoms with Crippen molar-refractivity contribution >= 4 is 21.1 Å². The molecule has 2 aromatic rings. The second kappa shape index (κ2) is 4.76. The summed E-state index contributed by atoms with van der Waals surface area (Å²) in [5.74, 6) is -0.591. The lowest BCUT2D eigenvalue weighted by Crippen LogP contribution is -2.28. The minimum absolute atomic E-state index is 0.0574. The molecule has 21 heavy (non-hydrogen) atoms. The molecule has 1 aromatic carbocycles. The van der Waals surface area contributed by atoms with E-state index in [4.69, 9.17) is 4.42 Å². The molecule has 0 saturated heterocycles. The molecule has 1 heterocycles. The molecular weight excluding hydrogens is 313 g/mol. The number of halogens is 3. The minimum Gasteiger partial charge on any atom is -0.422 e. The van der Waals surface area contributed by atoms with Crippen LogP contribution >= 0.6 is 0 Å². The maximum Gasteiger partial charge on any atom is 0.534 e. The molecule has 114 valence electrons. The van der Waals surface area contributed by atoms with E-state index in [1.165, 1.54) is 6.07 Å². The Morgan fingerprint density at radius 3 is 2.33 bits per heavy atom. The van der Waals surface area contributed by atoms with Gasteiger partial charge >= 0.3 is 21.3 Å². The first-order chi connectivity index (χ1) is 9.53. The van der Waals surface area contributed by atoms with Crippen molar-refractivity contribution in [3.8, 4) is 5.75 Å². The maximum absolute atomic E-state index is 12.2. The predicted octanol–water partition coefficient (Wildman–Crippen LogP) is 2.64. The zero-order valence-corrected chi connectivity index (χ0v) is 11.6. The molecule has 5 nitrogen and oxygen atoms in total. The van der Waals surface area contributed by atoms with Crippen LogP contribution in [0.1, 0.15) is 11.1 Å². The van der Waals surface area contributed by atoms with Crippen LogP contribution in [-0.2, 0) is 10.1 Å². The maximum atomic E-state index is 12.2. The third-order valence-electron chi connectivity index (χ3n) is 2.92. The molecule has 9 heteroatoms. The van der Waals surface area contributed by atoms with E-state index in [0.29, 0.717) is 16.5 Å².